The summed E-state index contributed by atoms with van der Waals surface area (Å²) in [6.07, 6.45) is 3.11. The molecule has 1 saturated carbocycles. The van der Waals surface area contributed by atoms with Crippen LogP contribution in [0.15, 0.2) is 42.5 Å². The van der Waals surface area contributed by atoms with E-state index in [2.05, 4.69) is 35.4 Å². The molecular formula is C24H27F2N3O3. The van der Waals surface area contributed by atoms with E-state index in [9.17, 15) is 18.7 Å². The Morgan fingerprint density at radius 2 is 1.94 bits per heavy atom. The van der Waals surface area contributed by atoms with Crippen molar-refractivity contribution in [2.75, 3.05) is 5.32 Å². The first-order valence-corrected chi connectivity index (χ1v) is 10.7. The van der Waals surface area contributed by atoms with Crippen LogP contribution in [-0.2, 0) is 0 Å². The number of hydrogen-bond donors (Lipinski definition) is 2. The Hall–Kier alpha value is -3.16. The van der Waals surface area contributed by atoms with Crippen LogP contribution in [0.3, 0.4) is 0 Å². The number of carboxylic acid groups (broad SMARTS) is 1. The number of fused-ring (bicyclic) bond motifs is 1. The molecule has 32 heavy (non-hydrogen) atoms. The van der Waals surface area contributed by atoms with E-state index >= 15 is 0 Å². The highest BCUT2D eigenvalue weighted by Crippen LogP contribution is 2.46. The Labute approximate surface area is 185 Å². The second-order valence-corrected chi connectivity index (χ2v) is 9.41. The van der Waals surface area contributed by atoms with Gasteiger partial charge in [-0.15, -0.1) is 0 Å². The first kappa shape index (κ1) is 22.0. The van der Waals surface area contributed by atoms with Crippen molar-refractivity contribution < 1.29 is 23.4 Å². The molecule has 6 nitrogen and oxygen atoms in total. The topological polar surface area (TPSA) is 76.4 Å². The molecule has 8 heteroatoms. The van der Waals surface area contributed by atoms with E-state index in [4.69, 9.17) is 4.98 Å². The Balaban J connectivity index is 1.74. The van der Waals surface area contributed by atoms with Crippen LogP contribution >= 0.6 is 0 Å². The fourth-order valence-electron chi connectivity index (χ4n) is 5.03. The maximum absolute atomic E-state index is 12.4. The van der Waals surface area contributed by atoms with Crippen LogP contribution < -0.4 is 10.1 Å². The third-order valence-electron chi connectivity index (χ3n) is 6.00. The molecule has 1 fully saturated rings. The number of anilines is 2. The van der Waals surface area contributed by atoms with Gasteiger partial charge in [0, 0.05) is 11.7 Å². The lowest BCUT2D eigenvalue weighted by Gasteiger charge is -2.40. The first-order valence-electron chi connectivity index (χ1n) is 10.7. The number of imidazole rings is 1. The van der Waals surface area contributed by atoms with Crippen LogP contribution in [0.4, 0.5) is 20.4 Å². The zero-order valence-electron chi connectivity index (χ0n) is 18.3. The highest BCUT2D eigenvalue weighted by Gasteiger charge is 2.34. The minimum Gasteiger partial charge on any atom is -0.478 e. The van der Waals surface area contributed by atoms with Crippen molar-refractivity contribution in [3.05, 3.63) is 48.0 Å². The van der Waals surface area contributed by atoms with Crippen molar-refractivity contribution in [2.45, 2.75) is 52.7 Å². The standard InChI is InChI=1S/C24H27F2N3O3/c1-14-10-17(13-24(2,3)12-14)29-20-9-4-15(21(30)31)11-19(20)28-23(29)27-16-5-7-18(8-6-16)32-22(25)26/h4-9,11,14,17,22H,10,12-13H2,1-3H3,(H,27,28)(H,30,31). The average molecular weight is 443 g/mol. The smallest absolute Gasteiger partial charge is 0.387 e. The molecule has 1 aromatic heterocycles. The first-order chi connectivity index (χ1) is 15.1. The van der Waals surface area contributed by atoms with Crippen molar-refractivity contribution in [3.8, 4) is 5.75 Å². The van der Waals surface area contributed by atoms with Gasteiger partial charge < -0.3 is 19.7 Å². The largest absolute Gasteiger partial charge is 0.478 e. The van der Waals surface area contributed by atoms with E-state index in [1.165, 1.54) is 12.1 Å². The molecule has 0 saturated heterocycles. The molecular weight excluding hydrogens is 416 g/mol. The van der Waals surface area contributed by atoms with Crippen molar-refractivity contribution in [2.24, 2.45) is 11.3 Å². The number of halogens is 2. The fraction of sp³-hybridized carbons (Fsp3) is 0.417. The van der Waals surface area contributed by atoms with Gasteiger partial charge in [-0.25, -0.2) is 9.78 Å². The number of alkyl halides is 2. The van der Waals surface area contributed by atoms with E-state index < -0.39 is 12.6 Å². The Kier molecular flexibility index (Phi) is 5.79. The molecule has 2 aromatic carbocycles. The third-order valence-corrected chi connectivity index (χ3v) is 6.00. The van der Waals surface area contributed by atoms with E-state index in [0.29, 0.717) is 23.1 Å². The molecule has 1 aliphatic rings. The predicted octanol–water partition coefficient (Wildman–Crippen LogP) is 6.47. The second kappa shape index (κ2) is 8.41. The fourth-order valence-corrected chi connectivity index (χ4v) is 5.03. The molecule has 1 heterocycles. The summed E-state index contributed by atoms with van der Waals surface area (Å²) in [4.78, 5) is 16.2. The van der Waals surface area contributed by atoms with Crippen molar-refractivity contribution in [1.29, 1.82) is 0 Å². The molecule has 2 atom stereocenters. The minimum atomic E-state index is -2.88. The van der Waals surface area contributed by atoms with Crippen LogP contribution in [0.1, 0.15) is 56.4 Å². The number of aromatic nitrogens is 2. The lowest BCUT2D eigenvalue weighted by Crippen LogP contribution is -2.29. The molecule has 1 aliphatic carbocycles. The third kappa shape index (κ3) is 4.69. The highest BCUT2D eigenvalue weighted by atomic mass is 19.3. The van der Waals surface area contributed by atoms with E-state index in [1.54, 1.807) is 24.3 Å². The summed E-state index contributed by atoms with van der Waals surface area (Å²) in [6.45, 7) is 3.92. The van der Waals surface area contributed by atoms with Gasteiger partial charge in [0.05, 0.1) is 16.6 Å². The summed E-state index contributed by atoms with van der Waals surface area (Å²) in [5.74, 6) is 0.212. The number of nitrogens with zero attached hydrogens (tertiary/aromatic N) is 2. The molecule has 0 aliphatic heterocycles. The van der Waals surface area contributed by atoms with Crippen LogP contribution in [0.25, 0.3) is 11.0 Å². The molecule has 0 amide bonds. The van der Waals surface area contributed by atoms with Gasteiger partial charge in [-0.3, -0.25) is 0 Å². The molecule has 2 unspecified atom stereocenters. The van der Waals surface area contributed by atoms with Crippen LogP contribution in [0, 0.1) is 11.3 Å². The summed E-state index contributed by atoms with van der Waals surface area (Å²) in [5.41, 5.74) is 2.49. The van der Waals surface area contributed by atoms with Crippen LogP contribution in [-0.4, -0.2) is 27.2 Å². The monoisotopic (exact) mass is 443 g/mol. The lowest BCUT2D eigenvalue weighted by atomic mass is 9.70. The molecule has 3 aromatic rings. The summed E-state index contributed by atoms with van der Waals surface area (Å²) < 4.78 is 31.4. The van der Waals surface area contributed by atoms with E-state index in [-0.39, 0.29) is 22.8 Å². The Morgan fingerprint density at radius 1 is 1.22 bits per heavy atom. The normalized spacial score (nSPS) is 20.4. The second-order valence-electron chi connectivity index (χ2n) is 9.41. The zero-order chi connectivity index (χ0) is 23.0. The van der Waals surface area contributed by atoms with Gasteiger partial charge in [-0.2, -0.15) is 8.78 Å². The molecule has 0 radical (unpaired) electrons. The maximum Gasteiger partial charge on any atom is 0.387 e. The van der Waals surface area contributed by atoms with Crippen molar-refractivity contribution in [3.63, 3.8) is 0 Å². The molecule has 4 rings (SSSR count). The van der Waals surface area contributed by atoms with Gasteiger partial charge in [-0.1, -0.05) is 20.8 Å². The van der Waals surface area contributed by atoms with Crippen molar-refractivity contribution in [1.82, 2.24) is 9.55 Å². The minimum absolute atomic E-state index is 0.0769. The number of ether oxygens (including phenoxy) is 1. The SMILES string of the molecule is CC1CC(n2c(Nc3ccc(OC(F)F)cc3)nc3cc(C(=O)O)ccc32)CC(C)(C)C1. The maximum atomic E-state index is 12.4. The van der Waals surface area contributed by atoms with Gasteiger partial charge >= 0.3 is 12.6 Å². The predicted molar refractivity (Wildman–Crippen MR) is 119 cm³/mol. The Morgan fingerprint density at radius 3 is 2.56 bits per heavy atom. The average Bonchev–Trinajstić information content (AvgIpc) is 3.04. The van der Waals surface area contributed by atoms with Crippen LogP contribution in [0.2, 0.25) is 0 Å². The van der Waals surface area contributed by atoms with Crippen molar-refractivity contribution >= 4 is 28.6 Å². The lowest BCUT2D eigenvalue weighted by molar-refractivity contribution is -0.0498. The number of hydrogen-bond acceptors (Lipinski definition) is 4. The number of benzene rings is 2. The zero-order valence-corrected chi connectivity index (χ0v) is 18.3. The summed E-state index contributed by atoms with van der Waals surface area (Å²) in [6, 6.07) is 11.4. The number of carbonyl (C=O) groups is 1. The van der Waals surface area contributed by atoms with E-state index in [1.807, 2.05) is 6.07 Å². The number of aromatic carboxylic acids is 1. The molecule has 0 bridgehead atoms. The number of rotatable bonds is 6. The number of carboxylic acids is 1. The van der Waals surface area contributed by atoms with Gasteiger partial charge in [0.15, 0.2) is 0 Å². The highest BCUT2D eigenvalue weighted by molar-refractivity contribution is 5.93. The van der Waals surface area contributed by atoms with Gasteiger partial charge in [-0.05, 0) is 73.1 Å². The summed E-state index contributed by atoms with van der Waals surface area (Å²) in [5, 5.41) is 12.7. The van der Waals surface area contributed by atoms with Gasteiger partial charge in [0.1, 0.15) is 5.75 Å². The molecule has 0 spiro atoms. The van der Waals surface area contributed by atoms with E-state index in [0.717, 1.165) is 24.8 Å². The quantitative estimate of drug-likeness (QED) is 0.457. The summed E-state index contributed by atoms with van der Waals surface area (Å²) >= 11 is 0. The Bertz CT molecular complexity index is 1130. The summed E-state index contributed by atoms with van der Waals surface area (Å²) in [7, 11) is 0. The molecule has 2 N–H and O–H groups in total. The molecule has 170 valence electrons. The van der Waals surface area contributed by atoms with Gasteiger partial charge in [0.25, 0.3) is 0 Å². The number of nitrogens with one attached hydrogen (secondary N) is 1. The van der Waals surface area contributed by atoms with Crippen LogP contribution in [0.5, 0.6) is 5.75 Å². The van der Waals surface area contributed by atoms with Gasteiger partial charge in [0.2, 0.25) is 5.95 Å².